The summed E-state index contributed by atoms with van der Waals surface area (Å²) < 4.78 is 7.46. The van der Waals surface area contributed by atoms with E-state index in [2.05, 4.69) is 30.7 Å². The maximum atomic E-state index is 12.7. The summed E-state index contributed by atoms with van der Waals surface area (Å²) in [6, 6.07) is 7.08. The number of amides is 1. The van der Waals surface area contributed by atoms with Crippen molar-refractivity contribution < 1.29 is 9.53 Å². The van der Waals surface area contributed by atoms with Crippen LogP contribution in [0.5, 0.6) is 5.88 Å². The number of hydrogen-bond donors (Lipinski definition) is 2. The highest BCUT2D eigenvalue weighted by Gasteiger charge is 2.19. The van der Waals surface area contributed by atoms with E-state index in [0.29, 0.717) is 17.3 Å². The number of ether oxygens (including phenoxy) is 1. The molecule has 1 amide bonds. The van der Waals surface area contributed by atoms with Crippen molar-refractivity contribution in [3.05, 3.63) is 60.8 Å². The van der Waals surface area contributed by atoms with Crippen LogP contribution in [0, 0.1) is 0 Å². The quantitative estimate of drug-likeness (QED) is 0.527. The van der Waals surface area contributed by atoms with Crippen LogP contribution in [-0.4, -0.2) is 49.8 Å². The van der Waals surface area contributed by atoms with Crippen LogP contribution in [0.15, 0.2) is 55.2 Å². The first-order valence-electron chi connectivity index (χ1n) is 9.54. The number of pyridine rings is 3. The molecule has 1 aliphatic rings. The van der Waals surface area contributed by atoms with Crippen molar-refractivity contribution >= 4 is 22.6 Å². The van der Waals surface area contributed by atoms with E-state index < -0.39 is 0 Å². The normalized spacial score (nSPS) is 13.8. The van der Waals surface area contributed by atoms with Crippen molar-refractivity contribution in [2.45, 2.75) is 6.10 Å². The average molecular weight is 401 g/mol. The van der Waals surface area contributed by atoms with Gasteiger partial charge in [0.2, 0.25) is 5.88 Å². The fraction of sp³-hybridized carbons (Fsp3) is 0.190. The Morgan fingerprint density at radius 2 is 2.03 bits per heavy atom. The van der Waals surface area contributed by atoms with Crippen molar-refractivity contribution in [2.24, 2.45) is 7.05 Å². The highest BCUT2D eigenvalue weighted by molar-refractivity contribution is 6.04. The van der Waals surface area contributed by atoms with Gasteiger partial charge in [-0.25, -0.2) is 9.97 Å². The highest BCUT2D eigenvalue weighted by atomic mass is 16.5. The smallest absolute Gasteiger partial charge is 0.257 e. The molecule has 0 atom stereocenters. The molecule has 0 spiro atoms. The molecule has 5 rings (SSSR count). The van der Waals surface area contributed by atoms with Crippen LogP contribution >= 0.6 is 0 Å². The van der Waals surface area contributed by atoms with Crippen LogP contribution in [0.2, 0.25) is 0 Å². The van der Waals surface area contributed by atoms with E-state index in [1.165, 1.54) is 0 Å². The molecule has 0 radical (unpaired) electrons. The molecule has 5 heterocycles. The Kier molecular flexibility index (Phi) is 4.56. The summed E-state index contributed by atoms with van der Waals surface area (Å²) in [4.78, 5) is 25.6. The topological polar surface area (TPSA) is 107 Å². The van der Waals surface area contributed by atoms with Gasteiger partial charge in [-0.2, -0.15) is 5.10 Å². The minimum atomic E-state index is -0.280. The molecule has 0 unspecified atom stereocenters. The van der Waals surface area contributed by atoms with Gasteiger partial charge in [0.05, 0.1) is 17.9 Å². The first-order chi connectivity index (χ1) is 14.6. The number of aromatic nitrogens is 5. The molecule has 9 heteroatoms. The average Bonchev–Trinajstić information content (AvgIpc) is 3.17. The predicted octanol–water partition coefficient (Wildman–Crippen LogP) is 2.03. The number of carbonyl (C=O) groups excluding carboxylic acids is 1. The van der Waals surface area contributed by atoms with E-state index in [1.54, 1.807) is 47.7 Å². The molecule has 9 nitrogen and oxygen atoms in total. The highest BCUT2D eigenvalue weighted by Crippen LogP contribution is 2.23. The van der Waals surface area contributed by atoms with Gasteiger partial charge in [-0.1, -0.05) is 0 Å². The van der Waals surface area contributed by atoms with Gasteiger partial charge < -0.3 is 15.4 Å². The molecule has 4 aromatic heterocycles. The Bertz CT molecular complexity index is 1230. The number of fused-ring (bicyclic) bond motifs is 1. The van der Waals surface area contributed by atoms with E-state index in [4.69, 9.17) is 4.74 Å². The molecule has 0 aromatic carbocycles. The van der Waals surface area contributed by atoms with Gasteiger partial charge in [0.1, 0.15) is 11.9 Å². The van der Waals surface area contributed by atoms with Gasteiger partial charge in [0.25, 0.3) is 5.91 Å². The lowest BCUT2D eigenvalue weighted by molar-refractivity contribution is 0.102. The zero-order valence-electron chi connectivity index (χ0n) is 16.2. The Balaban J connectivity index is 1.36. The van der Waals surface area contributed by atoms with Gasteiger partial charge in [0, 0.05) is 66.9 Å². The molecule has 0 bridgehead atoms. The van der Waals surface area contributed by atoms with Crippen molar-refractivity contribution in [2.75, 3.05) is 18.4 Å². The van der Waals surface area contributed by atoms with Crippen LogP contribution in [0.3, 0.4) is 0 Å². The monoisotopic (exact) mass is 401 g/mol. The van der Waals surface area contributed by atoms with Crippen LogP contribution in [-0.2, 0) is 7.05 Å². The number of carbonyl (C=O) groups is 1. The third-order valence-corrected chi connectivity index (χ3v) is 4.88. The van der Waals surface area contributed by atoms with Crippen molar-refractivity contribution in [3.63, 3.8) is 0 Å². The third kappa shape index (κ3) is 3.70. The number of nitrogens with zero attached hydrogens (tertiary/aromatic N) is 5. The lowest BCUT2D eigenvalue weighted by Gasteiger charge is -2.27. The number of aryl methyl sites for hydroxylation is 1. The van der Waals surface area contributed by atoms with Gasteiger partial charge in [-0.3, -0.25) is 14.5 Å². The maximum Gasteiger partial charge on any atom is 0.257 e. The van der Waals surface area contributed by atoms with E-state index in [9.17, 15) is 4.79 Å². The van der Waals surface area contributed by atoms with Crippen molar-refractivity contribution in [1.82, 2.24) is 30.0 Å². The number of rotatable bonds is 5. The van der Waals surface area contributed by atoms with E-state index >= 15 is 0 Å². The lowest BCUT2D eigenvalue weighted by atomic mass is 10.1. The molecule has 1 saturated heterocycles. The van der Waals surface area contributed by atoms with Crippen molar-refractivity contribution in [3.8, 4) is 17.0 Å². The molecule has 0 saturated carbocycles. The predicted molar refractivity (Wildman–Crippen MR) is 111 cm³/mol. The number of anilines is 1. The third-order valence-electron chi connectivity index (χ3n) is 4.88. The lowest BCUT2D eigenvalue weighted by Crippen LogP contribution is -2.50. The summed E-state index contributed by atoms with van der Waals surface area (Å²) in [5.41, 5.74) is 3.12. The van der Waals surface area contributed by atoms with Crippen molar-refractivity contribution in [1.29, 1.82) is 0 Å². The molecular formula is C21H19N7O2. The number of hydrogen-bond acceptors (Lipinski definition) is 7. The fourth-order valence-electron chi connectivity index (χ4n) is 3.15. The Hall–Kier alpha value is -3.85. The fourth-order valence-corrected chi connectivity index (χ4v) is 3.15. The van der Waals surface area contributed by atoms with E-state index in [-0.39, 0.29) is 12.0 Å². The van der Waals surface area contributed by atoms with Crippen LogP contribution < -0.4 is 15.4 Å². The molecule has 150 valence electrons. The standard InChI is InChI=1S/C21H19N7O2/c1-28-12-16(8-26-28)15-4-14-5-19(25-11-18(14)24-7-15)27-21(29)13-2-3-23-20(6-13)30-17-9-22-10-17/h2-8,11-12,17,22H,9-10H2,1H3,(H,25,27,29). The summed E-state index contributed by atoms with van der Waals surface area (Å²) in [5, 5.41) is 11.0. The molecule has 2 N–H and O–H groups in total. The van der Waals surface area contributed by atoms with E-state index in [0.717, 1.165) is 35.1 Å². The molecule has 1 fully saturated rings. The summed E-state index contributed by atoms with van der Waals surface area (Å²) in [6.07, 6.45) is 8.80. The Labute approximate surface area is 172 Å². The summed E-state index contributed by atoms with van der Waals surface area (Å²) >= 11 is 0. The summed E-state index contributed by atoms with van der Waals surface area (Å²) in [7, 11) is 1.87. The zero-order valence-corrected chi connectivity index (χ0v) is 16.2. The van der Waals surface area contributed by atoms with Gasteiger partial charge in [-0.15, -0.1) is 0 Å². The Morgan fingerprint density at radius 1 is 1.13 bits per heavy atom. The molecule has 4 aromatic rings. The largest absolute Gasteiger partial charge is 0.472 e. The molecule has 0 aliphatic carbocycles. The van der Waals surface area contributed by atoms with Gasteiger partial charge in [-0.05, 0) is 18.2 Å². The number of nitrogens with one attached hydrogen (secondary N) is 2. The Morgan fingerprint density at radius 3 is 2.80 bits per heavy atom. The SMILES string of the molecule is Cn1cc(-c2cnc3cnc(NC(=O)c4ccnc(OC5CNC5)c4)cc3c2)cn1. The molecular weight excluding hydrogens is 382 g/mol. The maximum absolute atomic E-state index is 12.7. The second-order valence-corrected chi connectivity index (χ2v) is 7.12. The van der Waals surface area contributed by atoms with Gasteiger partial charge in [0.15, 0.2) is 0 Å². The van der Waals surface area contributed by atoms with E-state index in [1.807, 2.05) is 19.3 Å². The second-order valence-electron chi connectivity index (χ2n) is 7.12. The summed E-state index contributed by atoms with van der Waals surface area (Å²) in [6.45, 7) is 1.57. The molecule has 30 heavy (non-hydrogen) atoms. The summed E-state index contributed by atoms with van der Waals surface area (Å²) in [5.74, 6) is 0.600. The second kappa shape index (κ2) is 7.53. The first kappa shape index (κ1) is 18.2. The van der Waals surface area contributed by atoms with Crippen LogP contribution in [0.25, 0.3) is 22.0 Å². The first-order valence-corrected chi connectivity index (χ1v) is 9.54. The minimum absolute atomic E-state index is 0.0967. The zero-order chi connectivity index (χ0) is 20.5. The van der Waals surface area contributed by atoms with Gasteiger partial charge >= 0.3 is 0 Å². The van der Waals surface area contributed by atoms with Crippen LogP contribution in [0.4, 0.5) is 5.82 Å². The van der Waals surface area contributed by atoms with Crippen LogP contribution in [0.1, 0.15) is 10.4 Å². The molecule has 1 aliphatic heterocycles. The minimum Gasteiger partial charge on any atom is -0.472 e.